The van der Waals surface area contributed by atoms with Crippen LogP contribution in [0, 0.1) is 0 Å². The number of ether oxygens (including phenoxy) is 2. The van der Waals surface area contributed by atoms with Gasteiger partial charge in [-0.15, -0.1) is 0 Å². The molecule has 0 saturated carbocycles. The Morgan fingerprint density at radius 1 is 0.548 bits per heavy atom. The maximum Gasteiger partial charge on any atom is 0.220 e. The molecule has 62 heavy (non-hydrogen) atoms. The Hall–Kier alpha value is -2.11. The van der Waals surface area contributed by atoms with Gasteiger partial charge in [-0.25, -0.2) is 0 Å². The molecule has 1 saturated heterocycles. The Morgan fingerprint density at radius 2 is 0.968 bits per heavy atom. The molecule has 0 bridgehead atoms. The highest BCUT2D eigenvalue weighted by atomic mass is 16.7. The summed E-state index contributed by atoms with van der Waals surface area (Å²) in [6.45, 7) is 3.72. The topological polar surface area (TPSA) is 149 Å². The molecule has 0 aromatic rings. The largest absolute Gasteiger partial charge is 0.394 e. The second-order valence-corrected chi connectivity index (χ2v) is 17.6. The number of carbonyl (C=O) groups excluding carboxylic acids is 1. The molecule has 1 rings (SSSR count). The predicted octanol–water partition coefficient (Wildman–Crippen LogP) is 11.6. The number of aliphatic hydroxyl groups excluding tert-OH is 5. The second kappa shape index (κ2) is 42.8. The van der Waals surface area contributed by atoms with E-state index in [2.05, 4.69) is 67.8 Å². The van der Waals surface area contributed by atoms with E-state index in [0.717, 1.165) is 64.2 Å². The SMILES string of the molecule is CCCCC/C=C\C/C=C\CCCCCCCCCC(=O)NC(COC1OC(CO)C(O)C(O)C1O)C(O)/C=C/CC/C=C/CC/C=C/CCCCCCCCCCCCCC. The van der Waals surface area contributed by atoms with E-state index in [-0.39, 0.29) is 12.5 Å². The van der Waals surface area contributed by atoms with Crippen LogP contribution in [0.1, 0.15) is 213 Å². The zero-order valence-electron chi connectivity index (χ0n) is 39.6. The normalized spacial score (nSPS) is 20.8. The van der Waals surface area contributed by atoms with Crippen LogP contribution in [0.5, 0.6) is 0 Å². The molecule has 0 aromatic heterocycles. The molecule has 1 fully saturated rings. The molecule has 9 heteroatoms. The first kappa shape index (κ1) is 57.9. The third-order valence-corrected chi connectivity index (χ3v) is 11.8. The maximum atomic E-state index is 13.0. The Balaban J connectivity index is 2.35. The first-order valence-electron chi connectivity index (χ1n) is 25.5. The molecule has 1 aliphatic rings. The van der Waals surface area contributed by atoms with Crippen molar-refractivity contribution in [2.45, 2.75) is 256 Å². The first-order chi connectivity index (χ1) is 30.3. The Labute approximate surface area is 379 Å². The van der Waals surface area contributed by atoms with Crippen LogP contribution in [0.25, 0.3) is 0 Å². The molecule has 7 atom stereocenters. The van der Waals surface area contributed by atoms with Gasteiger partial charge in [-0.05, 0) is 77.0 Å². The van der Waals surface area contributed by atoms with Crippen molar-refractivity contribution in [2.24, 2.45) is 0 Å². The molecular formula is C53H95NO8. The molecule has 7 unspecified atom stereocenters. The average Bonchev–Trinajstić information content (AvgIpc) is 3.27. The summed E-state index contributed by atoms with van der Waals surface area (Å²) in [6, 6.07) is -0.834. The third-order valence-electron chi connectivity index (χ3n) is 11.8. The van der Waals surface area contributed by atoms with E-state index in [9.17, 15) is 30.3 Å². The van der Waals surface area contributed by atoms with Gasteiger partial charge in [-0.3, -0.25) is 4.79 Å². The number of hydrogen-bond acceptors (Lipinski definition) is 8. The third kappa shape index (κ3) is 32.5. The van der Waals surface area contributed by atoms with Crippen molar-refractivity contribution >= 4 is 5.91 Å². The number of amides is 1. The average molecular weight is 874 g/mol. The van der Waals surface area contributed by atoms with Gasteiger partial charge in [0.05, 0.1) is 25.4 Å². The first-order valence-corrected chi connectivity index (χ1v) is 25.5. The van der Waals surface area contributed by atoms with Gasteiger partial charge in [0, 0.05) is 6.42 Å². The summed E-state index contributed by atoms with van der Waals surface area (Å²) in [6.07, 6.45) is 49.8. The lowest BCUT2D eigenvalue weighted by Gasteiger charge is -2.40. The van der Waals surface area contributed by atoms with Gasteiger partial charge in [0.2, 0.25) is 5.91 Å². The summed E-state index contributed by atoms with van der Waals surface area (Å²) < 4.78 is 11.2. The molecule has 0 aliphatic carbocycles. The molecule has 0 spiro atoms. The van der Waals surface area contributed by atoms with Gasteiger partial charge in [0.1, 0.15) is 24.4 Å². The molecular weight excluding hydrogens is 779 g/mol. The fraction of sp³-hybridized carbons (Fsp3) is 0.792. The van der Waals surface area contributed by atoms with Crippen LogP contribution >= 0.6 is 0 Å². The fourth-order valence-corrected chi connectivity index (χ4v) is 7.69. The number of carbonyl (C=O) groups is 1. The molecule has 1 heterocycles. The van der Waals surface area contributed by atoms with Gasteiger partial charge in [0.15, 0.2) is 6.29 Å². The van der Waals surface area contributed by atoms with E-state index in [1.54, 1.807) is 6.08 Å². The lowest BCUT2D eigenvalue weighted by molar-refractivity contribution is -0.302. The summed E-state index contributed by atoms with van der Waals surface area (Å²) >= 11 is 0. The summed E-state index contributed by atoms with van der Waals surface area (Å²) in [5, 5.41) is 54.3. The smallest absolute Gasteiger partial charge is 0.220 e. The molecule has 0 aromatic carbocycles. The van der Waals surface area contributed by atoms with Crippen molar-refractivity contribution in [3.05, 3.63) is 60.8 Å². The number of rotatable bonds is 42. The van der Waals surface area contributed by atoms with Crippen LogP contribution < -0.4 is 5.32 Å². The number of allylic oxidation sites excluding steroid dienone is 9. The quantitative estimate of drug-likeness (QED) is 0.0262. The van der Waals surface area contributed by atoms with E-state index in [4.69, 9.17) is 9.47 Å². The predicted molar refractivity (Wildman–Crippen MR) is 258 cm³/mol. The molecule has 0 radical (unpaired) electrons. The Kier molecular flexibility index (Phi) is 40.0. The second-order valence-electron chi connectivity index (χ2n) is 17.6. The molecule has 6 N–H and O–H groups in total. The zero-order chi connectivity index (χ0) is 45.1. The van der Waals surface area contributed by atoms with E-state index in [0.29, 0.717) is 6.42 Å². The van der Waals surface area contributed by atoms with Crippen molar-refractivity contribution in [3.8, 4) is 0 Å². The van der Waals surface area contributed by atoms with Gasteiger partial charge < -0.3 is 40.3 Å². The highest BCUT2D eigenvalue weighted by Gasteiger charge is 2.44. The fourth-order valence-electron chi connectivity index (χ4n) is 7.69. The van der Waals surface area contributed by atoms with Gasteiger partial charge in [-0.2, -0.15) is 0 Å². The highest BCUT2D eigenvalue weighted by molar-refractivity contribution is 5.76. The molecule has 1 amide bonds. The van der Waals surface area contributed by atoms with Crippen LogP contribution in [0.4, 0.5) is 0 Å². The number of unbranched alkanes of at least 4 members (excludes halogenated alkanes) is 24. The molecule has 360 valence electrons. The minimum absolute atomic E-state index is 0.200. The van der Waals surface area contributed by atoms with Crippen molar-refractivity contribution in [1.29, 1.82) is 0 Å². The van der Waals surface area contributed by atoms with Crippen LogP contribution in [-0.4, -0.2) is 87.5 Å². The van der Waals surface area contributed by atoms with E-state index >= 15 is 0 Å². The van der Waals surface area contributed by atoms with Crippen molar-refractivity contribution in [3.63, 3.8) is 0 Å². The van der Waals surface area contributed by atoms with E-state index < -0.39 is 49.5 Å². The van der Waals surface area contributed by atoms with Crippen LogP contribution in [0.2, 0.25) is 0 Å². The number of nitrogens with one attached hydrogen (secondary N) is 1. The van der Waals surface area contributed by atoms with Crippen molar-refractivity contribution in [1.82, 2.24) is 5.32 Å². The lowest BCUT2D eigenvalue weighted by Crippen LogP contribution is -2.60. The maximum absolute atomic E-state index is 13.0. The molecule has 1 aliphatic heterocycles. The van der Waals surface area contributed by atoms with E-state index in [1.807, 2.05) is 6.08 Å². The summed E-state index contributed by atoms with van der Waals surface area (Å²) in [4.78, 5) is 13.0. The lowest BCUT2D eigenvalue weighted by atomic mass is 9.99. The number of aliphatic hydroxyl groups is 5. The van der Waals surface area contributed by atoms with E-state index in [1.165, 1.54) is 128 Å². The summed E-state index contributed by atoms with van der Waals surface area (Å²) in [7, 11) is 0. The van der Waals surface area contributed by atoms with Crippen molar-refractivity contribution < 1.29 is 39.8 Å². The van der Waals surface area contributed by atoms with Crippen molar-refractivity contribution in [2.75, 3.05) is 13.2 Å². The summed E-state index contributed by atoms with van der Waals surface area (Å²) in [5.74, 6) is -0.200. The summed E-state index contributed by atoms with van der Waals surface area (Å²) in [5.41, 5.74) is 0. The van der Waals surface area contributed by atoms with Gasteiger partial charge in [-0.1, -0.05) is 190 Å². The zero-order valence-corrected chi connectivity index (χ0v) is 39.6. The minimum Gasteiger partial charge on any atom is -0.394 e. The van der Waals surface area contributed by atoms with Crippen LogP contribution in [-0.2, 0) is 14.3 Å². The molecule has 9 nitrogen and oxygen atoms in total. The standard InChI is InChI=1S/C53H95NO8/c1-3-5-7-9-11-13-15-17-19-21-22-23-24-25-27-28-30-32-34-36-38-40-42-47(56)46(45-61-53-52(60)51(59)50(58)48(44-55)62-53)54-49(57)43-41-39-37-35-33-31-29-26-20-18-16-14-12-10-8-6-4-2/h12,14,18,20,25,27,32,34,40,42,46-48,50-53,55-56,58-60H,3-11,13,15-17,19,21-24,26,28-31,33,35-39,41,43-45H2,1-2H3,(H,54,57)/b14-12-,20-18-,27-25+,34-32+,42-40+. The Bertz CT molecular complexity index is 1150. The van der Waals surface area contributed by atoms with Crippen LogP contribution in [0.3, 0.4) is 0 Å². The van der Waals surface area contributed by atoms with Crippen LogP contribution in [0.15, 0.2) is 60.8 Å². The Morgan fingerprint density at radius 3 is 1.48 bits per heavy atom. The number of hydrogen-bond donors (Lipinski definition) is 6. The van der Waals surface area contributed by atoms with Gasteiger partial charge >= 0.3 is 0 Å². The monoisotopic (exact) mass is 874 g/mol. The minimum atomic E-state index is -1.58. The highest BCUT2D eigenvalue weighted by Crippen LogP contribution is 2.22. The van der Waals surface area contributed by atoms with Gasteiger partial charge in [0.25, 0.3) is 0 Å².